The summed E-state index contributed by atoms with van der Waals surface area (Å²) in [6, 6.07) is 10.1. The maximum Gasteiger partial charge on any atom is 0.256 e. The maximum atomic E-state index is 12.7. The van der Waals surface area contributed by atoms with Crippen molar-refractivity contribution in [1.29, 1.82) is 0 Å². The molecule has 3 aromatic rings. The Kier molecular flexibility index (Phi) is 6.43. The van der Waals surface area contributed by atoms with Crippen molar-refractivity contribution >= 4 is 11.7 Å². The lowest BCUT2D eigenvalue weighted by molar-refractivity contribution is 0.102. The summed E-state index contributed by atoms with van der Waals surface area (Å²) in [4.78, 5) is 31.6. The molecule has 0 bridgehead atoms. The number of carbonyl (C=O) groups excluding carboxylic acids is 1. The van der Waals surface area contributed by atoms with Crippen LogP contribution < -0.4 is 15.6 Å². The zero-order valence-corrected chi connectivity index (χ0v) is 16.9. The van der Waals surface area contributed by atoms with Crippen LogP contribution in [-0.4, -0.2) is 32.3 Å². The lowest BCUT2D eigenvalue weighted by Gasteiger charge is -2.09. The standard InChI is InChI=1S/C21H25N5O3/c1-4-6-11-29-17-9-7-15(8-10-17)20(28)23-18-12-14(3)25-26(18)21-22-16(5-2)13-19(27)24-21/h7-10,12-13H,4-6,11H2,1-3H3,(H,23,28)(H,22,24,27). The SMILES string of the molecule is CCCCOc1ccc(C(=O)Nc2cc(C)nn2-c2nc(CC)cc(=O)[nH]2)cc1. The molecule has 2 N–H and O–H groups in total. The molecule has 0 aliphatic carbocycles. The highest BCUT2D eigenvalue weighted by Crippen LogP contribution is 2.17. The Labute approximate surface area is 168 Å². The van der Waals surface area contributed by atoms with E-state index in [2.05, 4.69) is 27.3 Å². The maximum absolute atomic E-state index is 12.7. The van der Waals surface area contributed by atoms with E-state index in [4.69, 9.17) is 4.74 Å². The number of carbonyl (C=O) groups is 1. The summed E-state index contributed by atoms with van der Waals surface area (Å²) in [5.74, 6) is 1.12. The molecule has 1 aromatic carbocycles. The van der Waals surface area contributed by atoms with Gasteiger partial charge in [-0.1, -0.05) is 20.3 Å². The molecule has 29 heavy (non-hydrogen) atoms. The van der Waals surface area contributed by atoms with E-state index in [1.807, 2.05) is 6.92 Å². The first-order chi connectivity index (χ1) is 14.0. The van der Waals surface area contributed by atoms with E-state index >= 15 is 0 Å². The number of rotatable bonds is 8. The van der Waals surface area contributed by atoms with Gasteiger partial charge in [-0.05, 0) is 44.0 Å². The second-order valence-corrected chi connectivity index (χ2v) is 6.68. The van der Waals surface area contributed by atoms with Gasteiger partial charge >= 0.3 is 0 Å². The van der Waals surface area contributed by atoms with E-state index in [0.29, 0.717) is 35.8 Å². The lowest BCUT2D eigenvalue weighted by atomic mass is 10.2. The molecule has 0 saturated heterocycles. The summed E-state index contributed by atoms with van der Waals surface area (Å²) >= 11 is 0. The van der Waals surface area contributed by atoms with Crippen molar-refractivity contribution in [3.05, 3.63) is 63.7 Å². The molecule has 2 aromatic heterocycles. The van der Waals surface area contributed by atoms with Crippen molar-refractivity contribution < 1.29 is 9.53 Å². The molecule has 0 atom stereocenters. The van der Waals surface area contributed by atoms with Crippen molar-refractivity contribution in [3.8, 4) is 11.7 Å². The normalized spacial score (nSPS) is 10.7. The number of nitrogens with zero attached hydrogens (tertiary/aromatic N) is 3. The Bertz CT molecular complexity index is 1040. The Morgan fingerprint density at radius 1 is 1.21 bits per heavy atom. The number of unbranched alkanes of at least 4 members (excludes halogenated alkanes) is 1. The number of nitrogens with one attached hydrogen (secondary N) is 2. The van der Waals surface area contributed by atoms with Gasteiger partial charge in [0.05, 0.1) is 12.3 Å². The van der Waals surface area contributed by atoms with Crippen LogP contribution in [0.15, 0.2) is 41.2 Å². The Balaban J connectivity index is 1.80. The van der Waals surface area contributed by atoms with Gasteiger partial charge in [0.25, 0.3) is 11.5 Å². The number of hydrogen-bond donors (Lipinski definition) is 2. The summed E-state index contributed by atoms with van der Waals surface area (Å²) in [5.41, 5.74) is 1.55. The first-order valence-electron chi connectivity index (χ1n) is 9.71. The molecule has 0 saturated carbocycles. The summed E-state index contributed by atoms with van der Waals surface area (Å²) in [5, 5.41) is 7.18. The van der Waals surface area contributed by atoms with E-state index in [1.165, 1.54) is 10.7 Å². The first kappa shape index (κ1) is 20.3. The number of H-pyrrole nitrogens is 1. The third-order valence-corrected chi connectivity index (χ3v) is 4.30. The third-order valence-electron chi connectivity index (χ3n) is 4.30. The van der Waals surface area contributed by atoms with Gasteiger partial charge in [0, 0.05) is 23.4 Å². The van der Waals surface area contributed by atoms with Crippen molar-refractivity contribution in [2.75, 3.05) is 11.9 Å². The van der Waals surface area contributed by atoms with Crippen molar-refractivity contribution in [1.82, 2.24) is 19.7 Å². The second-order valence-electron chi connectivity index (χ2n) is 6.68. The quantitative estimate of drug-likeness (QED) is 0.570. The van der Waals surface area contributed by atoms with E-state index in [0.717, 1.165) is 18.6 Å². The molecule has 0 radical (unpaired) electrons. The molecule has 0 spiro atoms. The third kappa shape index (κ3) is 5.10. The van der Waals surface area contributed by atoms with E-state index in [1.54, 1.807) is 37.3 Å². The van der Waals surface area contributed by atoms with Gasteiger partial charge < -0.3 is 10.1 Å². The highest BCUT2D eigenvalue weighted by molar-refractivity contribution is 6.04. The van der Waals surface area contributed by atoms with Gasteiger partial charge in [-0.15, -0.1) is 0 Å². The molecule has 8 heteroatoms. The molecule has 0 aliphatic rings. The topological polar surface area (TPSA) is 102 Å². The molecule has 8 nitrogen and oxygen atoms in total. The van der Waals surface area contributed by atoms with Crippen LogP contribution in [0.3, 0.4) is 0 Å². The Morgan fingerprint density at radius 3 is 2.66 bits per heavy atom. The van der Waals surface area contributed by atoms with Crippen LogP contribution >= 0.6 is 0 Å². The highest BCUT2D eigenvalue weighted by Gasteiger charge is 2.14. The van der Waals surface area contributed by atoms with Gasteiger partial charge in [0.15, 0.2) is 0 Å². The predicted molar refractivity (Wildman–Crippen MR) is 111 cm³/mol. The van der Waals surface area contributed by atoms with E-state index in [-0.39, 0.29) is 17.4 Å². The number of amides is 1. The second kappa shape index (κ2) is 9.18. The predicted octanol–water partition coefficient (Wildman–Crippen LogP) is 3.26. The minimum absolute atomic E-state index is 0.262. The molecule has 0 unspecified atom stereocenters. The molecule has 0 aliphatic heterocycles. The molecular formula is C21H25N5O3. The van der Waals surface area contributed by atoms with Crippen molar-refractivity contribution in [3.63, 3.8) is 0 Å². The van der Waals surface area contributed by atoms with Gasteiger partial charge in [0.2, 0.25) is 5.95 Å². The number of benzene rings is 1. The van der Waals surface area contributed by atoms with Crippen LogP contribution in [0.2, 0.25) is 0 Å². The first-order valence-corrected chi connectivity index (χ1v) is 9.71. The average Bonchev–Trinajstić information content (AvgIpc) is 3.08. The fourth-order valence-electron chi connectivity index (χ4n) is 2.75. The minimum atomic E-state index is -0.291. The number of aromatic amines is 1. The fraction of sp³-hybridized carbons (Fsp3) is 0.333. The molecule has 0 fully saturated rings. The zero-order valence-electron chi connectivity index (χ0n) is 16.9. The van der Waals surface area contributed by atoms with Crippen molar-refractivity contribution in [2.24, 2.45) is 0 Å². The van der Waals surface area contributed by atoms with Crippen LogP contribution in [0.25, 0.3) is 5.95 Å². The Hall–Kier alpha value is -3.42. The fourth-order valence-corrected chi connectivity index (χ4v) is 2.75. The van der Waals surface area contributed by atoms with E-state index in [9.17, 15) is 9.59 Å². The number of hydrogen-bond acceptors (Lipinski definition) is 5. The average molecular weight is 395 g/mol. The van der Waals surface area contributed by atoms with Crippen LogP contribution in [0, 0.1) is 6.92 Å². The summed E-state index contributed by atoms with van der Waals surface area (Å²) in [6.45, 7) is 6.48. The number of aryl methyl sites for hydroxylation is 2. The van der Waals surface area contributed by atoms with Gasteiger partial charge in [0.1, 0.15) is 11.6 Å². The lowest BCUT2D eigenvalue weighted by Crippen LogP contribution is -2.19. The molecule has 2 heterocycles. The smallest absolute Gasteiger partial charge is 0.256 e. The molecular weight excluding hydrogens is 370 g/mol. The largest absolute Gasteiger partial charge is 0.494 e. The summed E-state index contributed by atoms with van der Waals surface area (Å²) < 4.78 is 7.05. The zero-order chi connectivity index (χ0) is 20.8. The van der Waals surface area contributed by atoms with Crippen LogP contribution in [0.5, 0.6) is 5.75 Å². The summed E-state index contributed by atoms with van der Waals surface area (Å²) in [7, 11) is 0. The van der Waals surface area contributed by atoms with E-state index < -0.39 is 0 Å². The summed E-state index contributed by atoms with van der Waals surface area (Å²) in [6.07, 6.45) is 2.67. The molecule has 3 rings (SSSR count). The Morgan fingerprint density at radius 2 is 1.97 bits per heavy atom. The van der Waals surface area contributed by atoms with Crippen molar-refractivity contribution in [2.45, 2.75) is 40.0 Å². The van der Waals surface area contributed by atoms with Crippen LogP contribution in [-0.2, 0) is 6.42 Å². The molecule has 1 amide bonds. The van der Waals surface area contributed by atoms with Gasteiger partial charge in [-0.2, -0.15) is 9.78 Å². The van der Waals surface area contributed by atoms with Gasteiger partial charge in [-0.25, -0.2) is 4.98 Å². The van der Waals surface area contributed by atoms with Gasteiger partial charge in [-0.3, -0.25) is 14.6 Å². The number of aromatic nitrogens is 4. The highest BCUT2D eigenvalue weighted by atomic mass is 16.5. The minimum Gasteiger partial charge on any atom is -0.494 e. The number of ether oxygens (including phenoxy) is 1. The molecule has 152 valence electrons. The van der Waals surface area contributed by atoms with Crippen LogP contribution in [0.4, 0.5) is 5.82 Å². The van der Waals surface area contributed by atoms with Crippen LogP contribution in [0.1, 0.15) is 48.4 Å². The monoisotopic (exact) mass is 395 g/mol. The number of anilines is 1.